The van der Waals surface area contributed by atoms with Gasteiger partial charge in [-0.05, 0) is 13.8 Å². The molecule has 0 unspecified atom stereocenters. The van der Waals surface area contributed by atoms with Crippen LogP contribution in [0.25, 0.3) is 0 Å². The summed E-state index contributed by atoms with van der Waals surface area (Å²) in [6.45, 7) is 12.0. The molecular formula is C9H23N. The molecule has 0 aliphatic carbocycles. The quantitative estimate of drug-likeness (QED) is 0.500. The molecular weight excluding hydrogens is 122 g/mol. The van der Waals surface area contributed by atoms with Gasteiger partial charge in [-0.1, -0.05) is 40.5 Å². The molecule has 1 N–H and O–H groups in total. The largest absolute Gasteiger partial charge is 0.310 e. The first-order chi connectivity index (χ1) is 4.56. The van der Waals surface area contributed by atoms with Gasteiger partial charge in [-0.2, -0.15) is 0 Å². The fourth-order valence-corrected chi connectivity index (χ4v) is 0. The first kappa shape index (κ1) is 16.3. The van der Waals surface area contributed by atoms with Crippen molar-refractivity contribution in [1.82, 2.24) is 0 Å². The third-order valence-electron chi connectivity index (χ3n) is 0. The predicted octanol–water partition coefficient (Wildman–Crippen LogP) is 3.88. The maximum atomic E-state index is 6.50. The van der Waals surface area contributed by atoms with Crippen molar-refractivity contribution < 1.29 is 0 Å². The summed E-state index contributed by atoms with van der Waals surface area (Å²) in [4.78, 5) is 0. The summed E-state index contributed by atoms with van der Waals surface area (Å²) in [5, 5.41) is 6.50. The van der Waals surface area contributed by atoms with Gasteiger partial charge in [-0.25, -0.2) is 0 Å². The van der Waals surface area contributed by atoms with Crippen molar-refractivity contribution in [2.45, 2.75) is 54.4 Å². The van der Waals surface area contributed by atoms with Crippen molar-refractivity contribution in [2.75, 3.05) is 0 Å². The molecule has 1 heteroatoms. The van der Waals surface area contributed by atoms with Crippen molar-refractivity contribution in [1.29, 1.82) is 5.41 Å². The second-order valence-corrected chi connectivity index (χ2v) is 2.41. The lowest BCUT2D eigenvalue weighted by Crippen LogP contribution is -1.67. The molecule has 0 atom stereocenters. The minimum atomic E-state index is 0.667. The molecule has 0 bridgehead atoms. The van der Waals surface area contributed by atoms with Crippen molar-refractivity contribution >= 4 is 5.71 Å². The normalized spacial score (nSPS) is 6.20. The molecule has 0 fully saturated rings. The maximum Gasteiger partial charge on any atom is 0.00272 e. The summed E-state index contributed by atoms with van der Waals surface area (Å²) >= 11 is 0. The molecule has 0 amide bonds. The highest BCUT2D eigenvalue weighted by Crippen LogP contribution is 1.56. The minimum Gasteiger partial charge on any atom is -0.310 e. The number of hydrogen-bond donors (Lipinski definition) is 1. The molecule has 0 aliphatic heterocycles. The molecule has 10 heavy (non-hydrogen) atoms. The van der Waals surface area contributed by atoms with Crippen LogP contribution in [-0.2, 0) is 0 Å². The van der Waals surface area contributed by atoms with Gasteiger partial charge in [-0.3, -0.25) is 0 Å². The van der Waals surface area contributed by atoms with Gasteiger partial charge in [0.25, 0.3) is 0 Å². The highest BCUT2D eigenvalue weighted by atomic mass is 14.3. The van der Waals surface area contributed by atoms with Crippen LogP contribution < -0.4 is 0 Å². The zero-order valence-electron chi connectivity index (χ0n) is 8.41. The molecule has 0 saturated heterocycles. The molecule has 0 heterocycles. The summed E-state index contributed by atoms with van der Waals surface area (Å²) in [6.07, 6.45) is 2.50. The summed E-state index contributed by atoms with van der Waals surface area (Å²) in [6, 6.07) is 0. The van der Waals surface area contributed by atoms with Gasteiger partial charge < -0.3 is 5.41 Å². The summed E-state index contributed by atoms with van der Waals surface area (Å²) < 4.78 is 0. The Labute approximate surface area is 66.4 Å². The Morgan fingerprint density at radius 3 is 0.900 bits per heavy atom. The second kappa shape index (κ2) is 23.4. The van der Waals surface area contributed by atoms with Crippen LogP contribution in [0, 0.1) is 5.41 Å². The fraction of sp³-hybridized carbons (Fsp3) is 0.889. The van der Waals surface area contributed by atoms with Crippen LogP contribution in [0.5, 0.6) is 0 Å². The third-order valence-corrected chi connectivity index (χ3v) is 0. The SMILES string of the molecule is CC(C)=N.CCC.CCC. The van der Waals surface area contributed by atoms with Crippen molar-refractivity contribution in [3.63, 3.8) is 0 Å². The summed E-state index contributed by atoms with van der Waals surface area (Å²) in [5.41, 5.74) is 0.667. The van der Waals surface area contributed by atoms with E-state index in [0.29, 0.717) is 5.71 Å². The van der Waals surface area contributed by atoms with E-state index in [2.05, 4.69) is 27.7 Å². The van der Waals surface area contributed by atoms with Crippen LogP contribution in [0.15, 0.2) is 0 Å². The number of rotatable bonds is 0. The standard InChI is InChI=1S/C3H7N.2C3H8/c1-3(2)4;2*1-3-2/h4H,1-2H3;2*3H2,1-2H3. The van der Waals surface area contributed by atoms with E-state index in [1.165, 1.54) is 12.8 Å². The molecule has 0 aromatic heterocycles. The molecule has 0 radical (unpaired) electrons. The van der Waals surface area contributed by atoms with Crippen LogP contribution in [0.2, 0.25) is 0 Å². The Morgan fingerprint density at radius 1 is 0.900 bits per heavy atom. The smallest absolute Gasteiger partial charge is 0.00272 e. The number of nitrogens with one attached hydrogen (secondary N) is 1. The molecule has 0 aromatic rings. The average Bonchev–Trinajstić information content (AvgIpc) is 1.65. The van der Waals surface area contributed by atoms with Gasteiger partial charge in [0.15, 0.2) is 0 Å². The first-order valence-corrected chi connectivity index (χ1v) is 4.08. The highest BCUT2D eigenvalue weighted by Gasteiger charge is 1.55. The molecule has 64 valence electrons. The Bertz CT molecular complexity index is 42.7. The van der Waals surface area contributed by atoms with Crippen molar-refractivity contribution in [3.05, 3.63) is 0 Å². The first-order valence-electron chi connectivity index (χ1n) is 4.08. The summed E-state index contributed by atoms with van der Waals surface area (Å²) in [7, 11) is 0. The molecule has 0 saturated carbocycles. The van der Waals surface area contributed by atoms with Gasteiger partial charge in [0.1, 0.15) is 0 Å². The van der Waals surface area contributed by atoms with E-state index < -0.39 is 0 Å². The van der Waals surface area contributed by atoms with Gasteiger partial charge in [0, 0.05) is 5.71 Å². The van der Waals surface area contributed by atoms with E-state index in [9.17, 15) is 0 Å². The third kappa shape index (κ3) is 3130. The molecule has 0 rings (SSSR count). The lowest BCUT2D eigenvalue weighted by molar-refractivity contribution is 1.09. The van der Waals surface area contributed by atoms with E-state index in [-0.39, 0.29) is 0 Å². The number of hydrogen-bond acceptors (Lipinski definition) is 1. The van der Waals surface area contributed by atoms with E-state index in [1.807, 2.05) is 0 Å². The Morgan fingerprint density at radius 2 is 0.900 bits per heavy atom. The maximum absolute atomic E-state index is 6.50. The Balaban J connectivity index is -0.0000000750. The molecule has 0 spiro atoms. The van der Waals surface area contributed by atoms with Crippen LogP contribution in [0.3, 0.4) is 0 Å². The topological polar surface area (TPSA) is 23.9 Å². The molecule has 0 aromatic carbocycles. The Kier molecular flexibility index (Phi) is 38.2. The molecule has 0 aliphatic rings. The highest BCUT2D eigenvalue weighted by molar-refractivity contribution is 5.75. The van der Waals surface area contributed by atoms with E-state index in [1.54, 1.807) is 13.8 Å². The van der Waals surface area contributed by atoms with Crippen LogP contribution >= 0.6 is 0 Å². The van der Waals surface area contributed by atoms with Crippen LogP contribution in [0.1, 0.15) is 54.4 Å². The van der Waals surface area contributed by atoms with E-state index in [0.717, 1.165) is 0 Å². The van der Waals surface area contributed by atoms with E-state index in [4.69, 9.17) is 5.41 Å². The van der Waals surface area contributed by atoms with Gasteiger partial charge >= 0.3 is 0 Å². The zero-order valence-corrected chi connectivity index (χ0v) is 8.41. The monoisotopic (exact) mass is 145 g/mol. The zero-order chi connectivity index (χ0) is 8.99. The van der Waals surface area contributed by atoms with Crippen molar-refractivity contribution in [3.8, 4) is 0 Å². The lowest BCUT2D eigenvalue weighted by Gasteiger charge is -1.63. The lowest BCUT2D eigenvalue weighted by atomic mass is 10.5. The fourth-order valence-electron chi connectivity index (χ4n) is 0. The summed E-state index contributed by atoms with van der Waals surface area (Å²) in [5.74, 6) is 0. The second-order valence-electron chi connectivity index (χ2n) is 2.41. The van der Waals surface area contributed by atoms with Crippen LogP contribution in [-0.4, -0.2) is 5.71 Å². The van der Waals surface area contributed by atoms with E-state index >= 15 is 0 Å². The average molecular weight is 145 g/mol. The van der Waals surface area contributed by atoms with Crippen molar-refractivity contribution in [2.24, 2.45) is 0 Å². The van der Waals surface area contributed by atoms with Gasteiger partial charge in [0.2, 0.25) is 0 Å². The van der Waals surface area contributed by atoms with Crippen LogP contribution in [0.4, 0.5) is 0 Å². The van der Waals surface area contributed by atoms with Gasteiger partial charge in [0.05, 0.1) is 0 Å². The molecule has 1 nitrogen and oxygen atoms in total. The minimum absolute atomic E-state index is 0.667. The van der Waals surface area contributed by atoms with Gasteiger partial charge in [-0.15, -0.1) is 0 Å². The Hall–Kier alpha value is -0.330. The predicted molar refractivity (Wildman–Crippen MR) is 51.0 cm³/mol.